The molecule has 1 atom stereocenters. The zero-order valence-electron chi connectivity index (χ0n) is 14.3. The molecule has 1 aromatic carbocycles. The molecule has 7 nitrogen and oxygen atoms in total. The molecule has 1 aliphatic carbocycles. The Kier molecular flexibility index (Phi) is 4.18. The van der Waals surface area contributed by atoms with Gasteiger partial charge >= 0.3 is 5.97 Å². The molecule has 0 bridgehead atoms. The molecule has 7 heteroatoms. The number of ether oxygens (including phenoxy) is 1. The number of rotatable bonds is 6. The van der Waals surface area contributed by atoms with Gasteiger partial charge in [-0.2, -0.15) is 5.10 Å². The second kappa shape index (κ2) is 6.51. The van der Waals surface area contributed by atoms with Crippen LogP contribution in [0.4, 0.5) is 0 Å². The minimum atomic E-state index is -0.969. The number of aliphatic hydroxyl groups excluding tert-OH is 1. The lowest BCUT2D eigenvalue weighted by Crippen LogP contribution is -2.08. The largest absolute Gasteiger partial charge is 0.478 e. The Morgan fingerprint density at radius 3 is 2.73 bits per heavy atom. The summed E-state index contributed by atoms with van der Waals surface area (Å²) in [6.07, 6.45) is 3.34. The molecular formula is C19H19N3O4. The summed E-state index contributed by atoms with van der Waals surface area (Å²) in [7, 11) is 0. The molecule has 0 saturated heterocycles. The zero-order valence-corrected chi connectivity index (χ0v) is 14.3. The van der Waals surface area contributed by atoms with Crippen LogP contribution in [0.1, 0.15) is 40.6 Å². The van der Waals surface area contributed by atoms with Crippen LogP contribution in [0, 0.1) is 6.92 Å². The summed E-state index contributed by atoms with van der Waals surface area (Å²) in [6, 6.07) is 8.35. The quantitative estimate of drug-likeness (QED) is 0.707. The van der Waals surface area contributed by atoms with Crippen LogP contribution in [0.3, 0.4) is 0 Å². The van der Waals surface area contributed by atoms with Crippen LogP contribution in [-0.2, 0) is 4.74 Å². The van der Waals surface area contributed by atoms with Gasteiger partial charge in [-0.05, 0) is 50.1 Å². The Morgan fingerprint density at radius 1 is 1.35 bits per heavy atom. The maximum absolute atomic E-state index is 11.0. The van der Waals surface area contributed by atoms with Crippen LogP contribution < -0.4 is 0 Å². The molecule has 1 fully saturated rings. The summed E-state index contributed by atoms with van der Waals surface area (Å²) in [5, 5.41) is 24.7. The number of aliphatic hydroxyl groups is 1. The molecule has 26 heavy (non-hydrogen) atoms. The molecule has 0 aliphatic heterocycles. The van der Waals surface area contributed by atoms with Crippen LogP contribution in [0.15, 0.2) is 36.5 Å². The van der Waals surface area contributed by atoms with Crippen molar-refractivity contribution in [2.75, 3.05) is 6.61 Å². The number of carboxylic acid groups (broad SMARTS) is 1. The van der Waals surface area contributed by atoms with Crippen molar-refractivity contribution in [3.63, 3.8) is 0 Å². The summed E-state index contributed by atoms with van der Waals surface area (Å²) in [4.78, 5) is 15.5. The number of aromatic carboxylic acids is 1. The average Bonchev–Trinajstić information content (AvgIpc) is 3.42. The summed E-state index contributed by atoms with van der Waals surface area (Å²) in [6.45, 7) is 2.14. The zero-order chi connectivity index (χ0) is 18.3. The molecule has 2 N–H and O–H groups in total. The monoisotopic (exact) mass is 353 g/mol. The van der Waals surface area contributed by atoms with Gasteiger partial charge in [0, 0.05) is 17.1 Å². The molecule has 0 radical (unpaired) electrons. The van der Waals surface area contributed by atoms with E-state index < -0.39 is 12.1 Å². The number of aromatic nitrogens is 3. The normalized spacial score (nSPS) is 15.3. The minimum absolute atomic E-state index is 0.218. The van der Waals surface area contributed by atoms with Gasteiger partial charge in [-0.15, -0.1) is 0 Å². The number of carbonyl (C=O) groups is 1. The van der Waals surface area contributed by atoms with Crippen LogP contribution in [0.25, 0.3) is 16.7 Å². The minimum Gasteiger partial charge on any atom is -0.478 e. The fourth-order valence-electron chi connectivity index (χ4n) is 2.83. The van der Waals surface area contributed by atoms with Gasteiger partial charge in [-0.25, -0.2) is 14.5 Å². The third-order valence-corrected chi connectivity index (χ3v) is 4.49. The van der Waals surface area contributed by atoms with Gasteiger partial charge in [0.15, 0.2) is 5.65 Å². The van der Waals surface area contributed by atoms with Gasteiger partial charge in [-0.3, -0.25) is 0 Å². The average molecular weight is 353 g/mol. The van der Waals surface area contributed by atoms with Gasteiger partial charge in [0.1, 0.15) is 6.10 Å². The Labute approximate surface area is 149 Å². The molecular weight excluding hydrogens is 334 g/mol. The molecule has 0 amide bonds. The van der Waals surface area contributed by atoms with Crippen LogP contribution in [0.5, 0.6) is 0 Å². The van der Waals surface area contributed by atoms with E-state index in [0.29, 0.717) is 17.3 Å². The highest BCUT2D eigenvalue weighted by Crippen LogP contribution is 2.27. The predicted octanol–water partition coefficient (Wildman–Crippen LogP) is 2.64. The highest BCUT2D eigenvalue weighted by Gasteiger charge is 2.24. The highest BCUT2D eigenvalue weighted by molar-refractivity contribution is 5.88. The Balaban J connectivity index is 1.65. The first-order chi connectivity index (χ1) is 12.5. The van der Waals surface area contributed by atoms with Crippen molar-refractivity contribution in [2.24, 2.45) is 0 Å². The highest BCUT2D eigenvalue weighted by atomic mass is 16.5. The Bertz CT molecular complexity index is 961. The van der Waals surface area contributed by atoms with E-state index in [2.05, 4.69) is 10.1 Å². The third kappa shape index (κ3) is 3.18. The predicted molar refractivity (Wildman–Crippen MR) is 94.5 cm³/mol. The first kappa shape index (κ1) is 16.7. The second-order valence-electron chi connectivity index (χ2n) is 6.54. The number of pyridine rings is 1. The van der Waals surface area contributed by atoms with Gasteiger partial charge < -0.3 is 14.9 Å². The summed E-state index contributed by atoms with van der Waals surface area (Å²) in [5.41, 5.74) is 3.08. The number of fused-ring (bicyclic) bond motifs is 1. The lowest BCUT2D eigenvalue weighted by Gasteiger charge is -2.11. The van der Waals surface area contributed by atoms with Gasteiger partial charge in [0.05, 0.1) is 29.7 Å². The summed E-state index contributed by atoms with van der Waals surface area (Å²) in [5.74, 6) is -0.969. The van der Waals surface area contributed by atoms with E-state index in [1.54, 1.807) is 23.0 Å². The number of nitrogens with zero attached hydrogens (tertiary/aromatic N) is 3. The number of carboxylic acids is 1. The second-order valence-corrected chi connectivity index (χ2v) is 6.54. The van der Waals surface area contributed by atoms with Crippen LogP contribution in [0.2, 0.25) is 0 Å². The number of benzene rings is 1. The van der Waals surface area contributed by atoms with Crippen molar-refractivity contribution in [2.45, 2.75) is 32.0 Å². The van der Waals surface area contributed by atoms with E-state index >= 15 is 0 Å². The third-order valence-electron chi connectivity index (χ3n) is 4.49. The van der Waals surface area contributed by atoms with E-state index in [9.17, 15) is 9.90 Å². The van der Waals surface area contributed by atoms with E-state index in [-0.39, 0.29) is 12.2 Å². The van der Waals surface area contributed by atoms with Crippen molar-refractivity contribution in [3.8, 4) is 5.69 Å². The topological polar surface area (TPSA) is 97.5 Å². The van der Waals surface area contributed by atoms with Crippen molar-refractivity contribution in [3.05, 3.63) is 53.3 Å². The van der Waals surface area contributed by atoms with E-state index in [1.807, 2.05) is 13.0 Å². The maximum atomic E-state index is 11.0. The first-order valence-electron chi connectivity index (χ1n) is 8.51. The summed E-state index contributed by atoms with van der Waals surface area (Å²) < 4.78 is 7.24. The molecule has 0 spiro atoms. The van der Waals surface area contributed by atoms with Crippen molar-refractivity contribution < 1.29 is 19.7 Å². The molecule has 2 aromatic heterocycles. The molecule has 3 aromatic rings. The Hall–Kier alpha value is -2.77. The molecule has 134 valence electrons. The van der Waals surface area contributed by atoms with Crippen LogP contribution >= 0.6 is 0 Å². The van der Waals surface area contributed by atoms with E-state index in [4.69, 9.17) is 9.84 Å². The molecule has 0 unspecified atom stereocenters. The lowest BCUT2D eigenvalue weighted by atomic mass is 10.1. The lowest BCUT2D eigenvalue weighted by molar-refractivity contribution is 0.0272. The van der Waals surface area contributed by atoms with Crippen LogP contribution in [-0.4, -0.2) is 43.7 Å². The van der Waals surface area contributed by atoms with Gasteiger partial charge in [-0.1, -0.05) is 0 Å². The van der Waals surface area contributed by atoms with Crippen molar-refractivity contribution >= 4 is 17.0 Å². The number of aryl methyl sites for hydroxylation is 1. The van der Waals surface area contributed by atoms with Crippen molar-refractivity contribution in [1.82, 2.24) is 14.8 Å². The van der Waals surface area contributed by atoms with E-state index in [0.717, 1.165) is 29.6 Å². The smallest absolute Gasteiger partial charge is 0.335 e. The molecule has 1 saturated carbocycles. The SMILES string of the molecule is Cc1nn(-c2ccc(C(=O)O)cc2)c2ncc([C@@H](O)COC3CC3)cc12. The maximum Gasteiger partial charge on any atom is 0.335 e. The molecule has 1 aliphatic rings. The summed E-state index contributed by atoms with van der Waals surface area (Å²) >= 11 is 0. The fraction of sp³-hybridized carbons (Fsp3) is 0.316. The number of hydrogen-bond acceptors (Lipinski definition) is 5. The van der Waals surface area contributed by atoms with Gasteiger partial charge in [0.25, 0.3) is 0 Å². The molecule has 4 rings (SSSR count). The Morgan fingerprint density at radius 2 is 2.08 bits per heavy atom. The fourth-order valence-corrected chi connectivity index (χ4v) is 2.83. The number of hydrogen-bond donors (Lipinski definition) is 2. The standard InChI is InChI=1S/C19H19N3O4/c1-11-16-8-13(17(23)10-26-15-6-7-15)9-20-18(16)22(21-11)14-4-2-12(3-5-14)19(24)25/h2-5,8-9,15,17,23H,6-7,10H2,1H3,(H,24,25)/t17-/m0/s1. The van der Waals surface area contributed by atoms with Crippen molar-refractivity contribution in [1.29, 1.82) is 0 Å². The van der Waals surface area contributed by atoms with Gasteiger partial charge in [0.2, 0.25) is 0 Å². The molecule has 2 heterocycles. The van der Waals surface area contributed by atoms with E-state index in [1.165, 1.54) is 12.1 Å². The first-order valence-corrected chi connectivity index (χ1v) is 8.51.